The quantitative estimate of drug-likeness (QED) is 0.750. The van der Waals surface area contributed by atoms with Gasteiger partial charge >= 0.3 is 0 Å². The van der Waals surface area contributed by atoms with Gasteiger partial charge in [-0.15, -0.1) is 0 Å². The minimum Gasteiger partial charge on any atom is -0.207 e. The average molecular weight is 326 g/mol. The molecular formula is C11H16ClNO4S2. The molecule has 1 aromatic carbocycles. The fraction of sp³-hybridized carbons (Fsp3) is 0.455. The van der Waals surface area contributed by atoms with Gasteiger partial charge in [-0.05, 0) is 30.7 Å². The SMILES string of the molecule is CCCCN(C)S(=O)(=O)c1ccc(S(=O)(=O)Cl)cc1. The summed E-state index contributed by atoms with van der Waals surface area (Å²) in [4.78, 5) is -0.0699. The third-order valence-electron chi connectivity index (χ3n) is 2.64. The Kier molecular flexibility index (Phi) is 5.37. The fourth-order valence-corrected chi connectivity index (χ4v) is 3.43. The Labute approximate surface area is 118 Å². The van der Waals surface area contributed by atoms with Crippen molar-refractivity contribution in [2.75, 3.05) is 13.6 Å². The summed E-state index contributed by atoms with van der Waals surface area (Å²) >= 11 is 0. The van der Waals surface area contributed by atoms with Crippen molar-refractivity contribution in [2.45, 2.75) is 29.6 Å². The molecule has 0 fully saturated rings. The van der Waals surface area contributed by atoms with Crippen LogP contribution in [0.25, 0.3) is 0 Å². The fourth-order valence-electron chi connectivity index (χ4n) is 1.46. The van der Waals surface area contributed by atoms with Crippen LogP contribution in [0.1, 0.15) is 19.8 Å². The number of nitrogens with zero attached hydrogens (tertiary/aromatic N) is 1. The van der Waals surface area contributed by atoms with Crippen LogP contribution in [0.5, 0.6) is 0 Å². The zero-order chi connectivity index (χ0) is 14.7. The summed E-state index contributed by atoms with van der Waals surface area (Å²) < 4.78 is 47.7. The van der Waals surface area contributed by atoms with E-state index in [0.29, 0.717) is 6.54 Å². The second-order valence-corrected chi connectivity index (χ2v) is 8.70. The molecule has 0 heterocycles. The second kappa shape index (κ2) is 6.21. The summed E-state index contributed by atoms with van der Waals surface area (Å²) in [6.45, 7) is 2.40. The molecule has 108 valence electrons. The Balaban J connectivity index is 3.03. The Bertz CT molecular complexity index is 623. The number of benzene rings is 1. The van der Waals surface area contributed by atoms with Crippen LogP contribution in [0.3, 0.4) is 0 Å². The maximum atomic E-state index is 12.1. The first kappa shape index (κ1) is 16.4. The predicted octanol–water partition coefficient (Wildman–Crippen LogP) is 2.03. The molecule has 0 spiro atoms. The summed E-state index contributed by atoms with van der Waals surface area (Å²) in [7, 11) is -0.748. The second-order valence-electron chi connectivity index (χ2n) is 4.09. The molecule has 0 N–H and O–H groups in total. The molecule has 19 heavy (non-hydrogen) atoms. The zero-order valence-corrected chi connectivity index (χ0v) is 13.1. The molecule has 0 atom stereocenters. The standard InChI is InChI=1S/C11H16ClNO4S2/c1-3-4-9-13(2)19(16,17)11-7-5-10(6-8-11)18(12,14)15/h5-8H,3-4,9H2,1-2H3. The van der Waals surface area contributed by atoms with E-state index in [2.05, 4.69) is 0 Å². The number of hydrogen-bond acceptors (Lipinski definition) is 4. The van der Waals surface area contributed by atoms with Crippen LogP contribution in [0.2, 0.25) is 0 Å². The van der Waals surface area contributed by atoms with Crippen LogP contribution in [-0.4, -0.2) is 34.7 Å². The van der Waals surface area contributed by atoms with Gasteiger partial charge in [0.15, 0.2) is 0 Å². The number of rotatable bonds is 6. The van der Waals surface area contributed by atoms with Crippen LogP contribution in [0, 0.1) is 0 Å². The third-order valence-corrected chi connectivity index (χ3v) is 5.88. The molecule has 0 radical (unpaired) electrons. The normalized spacial score (nSPS) is 12.8. The third kappa shape index (κ3) is 4.17. The van der Waals surface area contributed by atoms with Gasteiger partial charge < -0.3 is 0 Å². The first-order chi connectivity index (χ1) is 8.69. The van der Waals surface area contributed by atoms with Gasteiger partial charge in [0.1, 0.15) is 0 Å². The van der Waals surface area contributed by atoms with Crippen molar-refractivity contribution in [3.8, 4) is 0 Å². The lowest BCUT2D eigenvalue weighted by Crippen LogP contribution is -2.27. The van der Waals surface area contributed by atoms with E-state index >= 15 is 0 Å². The molecule has 0 saturated heterocycles. The summed E-state index contributed by atoms with van der Waals surface area (Å²) in [5, 5.41) is 0. The predicted molar refractivity (Wildman–Crippen MR) is 74.2 cm³/mol. The van der Waals surface area contributed by atoms with Crippen molar-refractivity contribution >= 4 is 29.8 Å². The van der Waals surface area contributed by atoms with E-state index in [-0.39, 0.29) is 9.79 Å². The summed E-state index contributed by atoms with van der Waals surface area (Å²) in [5.41, 5.74) is 0. The number of hydrogen-bond donors (Lipinski definition) is 0. The minimum absolute atomic E-state index is 0.0511. The molecule has 1 rings (SSSR count). The molecule has 0 unspecified atom stereocenters. The largest absolute Gasteiger partial charge is 0.261 e. The summed E-state index contributed by atoms with van der Waals surface area (Å²) in [6, 6.07) is 4.85. The smallest absolute Gasteiger partial charge is 0.207 e. The highest BCUT2D eigenvalue weighted by Crippen LogP contribution is 2.20. The summed E-state index contributed by atoms with van der Waals surface area (Å²) in [5.74, 6) is 0. The number of halogens is 1. The van der Waals surface area contributed by atoms with E-state index in [9.17, 15) is 16.8 Å². The highest BCUT2D eigenvalue weighted by Gasteiger charge is 2.21. The molecule has 5 nitrogen and oxygen atoms in total. The van der Waals surface area contributed by atoms with Crippen LogP contribution < -0.4 is 0 Å². The molecule has 0 aromatic heterocycles. The van der Waals surface area contributed by atoms with E-state index < -0.39 is 19.1 Å². The van der Waals surface area contributed by atoms with E-state index in [1.165, 1.54) is 35.6 Å². The molecular weight excluding hydrogens is 310 g/mol. The van der Waals surface area contributed by atoms with E-state index in [1.807, 2.05) is 6.92 Å². The van der Waals surface area contributed by atoms with Gasteiger partial charge in [-0.3, -0.25) is 0 Å². The van der Waals surface area contributed by atoms with Crippen LogP contribution >= 0.6 is 10.7 Å². The molecule has 0 amide bonds. The zero-order valence-electron chi connectivity index (χ0n) is 10.7. The van der Waals surface area contributed by atoms with Gasteiger partial charge in [-0.2, -0.15) is 0 Å². The van der Waals surface area contributed by atoms with Crippen molar-refractivity contribution in [1.82, 2.24) is 4.31 Å². The molecule has 0 saturated carbocycles. The van der Waals surface area contributed by atoms with Crippen molar-refractivity contribution in [1.29, 1.82) is 0 Å². The van der Waals surface area contributed by atoms with Crippen molar-refractivity contribution in [3.63, 3.8) is 0 Å². The minimum atomic E-state index is -3.84. The summed E-state index contributed by atoms with van der Waals surface area (Å²) in [6.07, 6.45) is 1.66. The van der Waals surface area contributed by atoms with Crippen LogP contribution in [0.15, 0.2) is 34.1 Å². The Morgan fingerprint density at radius 3 is 1.95 bits per heavy atom. The van der Waals surface area contributed by atoms with E-state index in [4.69, 9.17) is 10.7 Å². The molecule has 8 heteroatoms. The molecule has 0 aliphatic rings. The van der Waals surface area contributed by atoms with Crippen LogP contribution in [-0.2, 0) is 19.1 Å². The van der Waals surface area contributed by atoms with Crippen LogP contribution in [0.4, 0.5) is 0 Å². The Morgan fingerprint density at radius 2 is 1.53 bits per heavy atom. The molecule has 1 aromatic rings. The monoisotopic (exact) mass is 325 g/mol. The highest BCUT2D eigenvalue weighted by molar-refractivity contribution is 8.13. The van der Waals surface area contributed by atoms with Gasteiger partial charge in [-0.25, -0.2) is 21.1 Å². The lowest BCUT2D eigenvalue weighted by molar-refractivity contribution is 0.459. The van der Waals surface area contributed by atoms with Crippen molar-refractivity contribution in [2.24, 2.45) is 0 Å². The topological polar surface area (TPSA) is 71.5 Å². The highest BCUT2D eigenvalue weighted by atomic mass is 35.7. The van der Waals surface area contributed by atoms with Crippen molar-refractivity contribution in [3.05, 3.63) is 24.3 Å². The average Bonchev–Trinajstić information content (AvgIpc) is 2.35. The first-order valence-electron chi connectivity index (χ1n) is 5.70. The van der Waals surface area contributed by atoms with E-state index in [1.54, 1.807) is 0 Å². The first-order valence-corrected chi connectivity index (χ1v) is 9.45. The van der Waals surface area contributed by atoms with Gasteiger partial charge in [-0.1, -0.05) is 13.3 Å². The van der Waals surface area contributed by atoms with Crippen molar-refractivity contribution < 1.29 is 16.8 Å². The number of unbranched alkanes of at least 4 members (excludes halogenated alkanes) is 1. The van der Waals surface area contributed by atoms with Gasteiger partial charge in [0.25, 0.3) is 9.05 Å². The number of sulfonamides is 1. The Morgan fingerprint density at radius 1 is 1.05 bits per heavy atom. The molecule has 0 bridgehead atoms. The lowest BCUT2D eigenvalue weighted by Gasteiger charge is -2.16. The maximum absolute atomic E-state index is 12.1. The van der Waals surface area contributed by atoms with Gasteiger partial charge in [0.2, 0.25) is 10.0 Å². The van der Waals surface area contributed by atoms with Gasteiger partial charge in [0.05, 0.1) is 9.79 Å². The maximum Gasteiger partial charge on any atom is 0.261 e. The van der Waals surface area contributed by atoms with Gasteiger partial charge in [0, 0.05) is 24.3 Å². The molecule has 0 aliphatic heterocycles. The lowest BCUT2D eigenvalue weighted by atomic mass is 10.3. The van der Waals surface area contributed by atoms with E-state index in [0.717, 1.165) is 12.8 Å². The Hall–Kier alpha value is -0.630. The molecule has 0 aliphatic carbocycles.